The highest BCUT2D eigenvalue weighted by molar-refractivity contribution is 7.86. The fraction of sp³-hybridized carbons (Fsp3) is 0. The summed E-state index contributed by atoms with van der Waals surface area (Å²) < 4.78 is 37.0. The quantitative estimate of drug-likeness (QED) is 0.584. The highest BCUT2D eigenvalue weighted by Crippen LogP contribution is 2.30. The third kappa shape index (κ3) is 3.15. The lowest BCUT2D eigenvalue weighted by Crippen LogP contribution is -2.02. The summed E-state index contributed by atoms with van der Waals surface area (Å²) in [6.45, 7) is 0. The first-order valence-electron chi connectivity index (χ1n) is 5.27. The van der Waals surface area contributed by atoms with Gasteiger partial charge in [-0.05, 0) is 42.5 Å². The molecule has 0 amide bonds. The zero-order valence-corrected chi connectivity index (χ0v) is 10.6. The third-order valence-corrected chi connectivity index (χ3v) is 3.23. The predicted molar refractivity (Wildman–Crippen MR) is 71.6 cm³/mol. The van der Waals surface area contributed by atoms with Gasteiger partial charge in [0, 0.05) is 11.4 Å². The van der Waals surface area contributed by atoms with Gasteiger partial charge in [-0.1, -0.05) is 0 Å². The van der Waals surface area contributed by atoms with E-state index in [0.29, 0.717) is 11.4 Å². The van der Waals surface area contributed by atoms with Crippen LogP contribution < -0.4 is 16.2 Å². The first kappa shape index (κ1) is 13.2. The lowest BCUT2D eigenvalue weighted by Gasteiger charge is -2.10. The predicted octanol–water partition coefficient (Wildman–Crippen LogP) is 1.89. The van der Waals surface area contributed by atoms with Gasteiger partial charge in [0.15, 0.2) is 0 Å². The normalized spacial score (nSPS) is 11.2. The monoisotopic (exact) mass is 280 g/mol. The average molecular weight is 280 g/mol. The van der Waals surface area contributed by atoms with Gasteiger partial charge in [-0.3, -0.25) is 4.55 Å². The molecule has 2 aromatic rings. The van der Waals surface area contributed by atoms with Crippen molar-refractivity contribution in [3.05, 3.63) is 42.5 Å². The Morgan fingerprint density at radius 2 is 1.53 bits per heavy atom. The van der Waals surface area contributed by atoms with Gasteiger partial charge in [-0.25, -0.2) is 0 Å². The van der Waals surface area contributed by atoms with Crippen LogP contribution in [0.4, 0.5) is 11.4 Å². The Morgan fingerprint density at radius 1 is 0.947 bits per heavy atom. The van der Waals surface area contributed by atoms with Crippen LogP contribution in [0.2, 0.25) is 0 Å². The van der Waals surface area contributed by atoms with Gasteiger partial charge in [0.1, 0.15) is 16.4 Å². The van der Waals surface area contributed by atoms with E-state index in [1.807, 2.05) is 0 Å². The van der Waals surface area contributed by atoms with Crippen LogP contribution in [-0.4, -0.2) is 13.0 Å². The molecule has 0 aliphatic heterocycles. The number of hydrogen-bond donors (Lipinski definition) is 3. The maximum Gasteiger partial charge on any atom is 0.298 e. The van der Waals surface area contributed by atoms with Crippen LogP contribution in [-0.2, 0) is 10.1 Å². The van der Waals surface area contributed by atoms with E-state index < -0.39 is 10.1 Å². The summed E-state index contributed by atoms with van der Waals surface area (Å²) in [5.74, 6) is 0.380. The van der Waals surface area contributed by atoms with E-state index in [2.05, 4.69) is 0 Å². The summed E-state index contributed by atoms with van der Waals surface area (Å²) in [6, 6.07) is 10.4. The second kappa shape index (κ2) is 4.79. The summed E-state index contributed by atoms with van der Waals surface area (Å²) in [6.07, 6.45) is 0. The second-order valence-electron chi connectivity index (χ2n) is 3.85. The Bertz CT molecular complexity index is 696. The minimum absolute atomic E-state index is 0.0125. The number of nitrogen functional groups attached to an aromatic ring is 2. The molecule has 2 rings (SSSR count). The lowest BCUT2D eigenvalue weighted by atomic mass is 10.3. The Labute approximate surface area is 110 Å². The van der Waals surface area contributed by atoms with Gasteiger partial charge in [0.25, 0.3) is 10.1 Å². The maximum absolute atomic E-state index is 11.3. The zero-order valence-electron chi connectivity index (χ0n) is 9.78. The van der Waals surface area contributed by atoms with Gasteiger partial charge in [-0.2, -0.15) is 8.42 Å². The molecule has 7 heteroatoms. The number of anilines is 2. The average Bonchev–Trinajstić information content (AvgIpc) is 2.33. The van der Waals surface area contributed by atoms with E-state index in [4.69, 9.17) is 20.8 Å². The van der Waals surface area contributed by atoms with E-state index in [1.165, 1.54) is 12.1 Å². The van der Waals surface area contributed by atoms with Crippen molar-refractivity contribution in [3.8, 4) is 11.5 Å². The van der Waals surface area contributed by atoms with Gasteiger partial charge in [-0.15, -0.1) is 0 Å². The van der Waals surface area contributed by atoms with Gasteiger partial charge in [0.05, 0.1) is 0 Å². The molecule has 0 radical (unpaired) electrons. The molecule has 2 aromatic carbocycles. The third-order valence-electron chi connectivity index (χ3n) is 2.35. The Morgan fingerprint density at radius 3 is 2.11 bits per heavy atom. The van der Waals surface area contributed by atoms with Crippen LogP contribution >= 0.6 is 0 Å². The number of benzene rings is 2. The van der Waals surface area contributed by atoms with Crippen LogP contribution in [0.3, 0.4) is 0 Å². The molecule has 0 heterocycles. The van der Waals surface area contributed by atoms with Crippen molar-refractivity contribution < 1.29 is 17.7 Å². The fourth-order valence-electron chi connectivity index (χ4n) is 1.47. The molecule has 0 aliphatic rings. The summed E-state index contributed by atoms with van der Waals surface area (Å²) in [7, 11) is -4.41. The second-order valence-corrected chi connectivity index (χ2v) is 5.24. The summed E-state index contributed by atoms with van der Waals surface area (Å²) in [5, 5.41) is 0. The lowest BCUT2D eigenvalue weighted by molar-refractivity contribution is 0.450. The molecule has 0 bridgehead atoms. The van der Waals surface area contributed by atoms with Gasteiger partial charge < -0.3 is 16.2 Å². The molecular weight excluding hydrogens is 268 g/mol. The van der Waals surface area contributed by atoms with Gasteiger partial charge >= 0.3 is 0 Å². The van der Waals surface area contributed by atoms with Crippen LogP contribution in [0.1, 0.15) is 0 Å². The SMILES string of the molecule is Nc1ccc(Oc2ccc(N)cc2S(=O)(=O)O)cc1. The van der Waals surface area contributed by atoms with Crippen molar-refractivity contribution in [2.45, 2.75) is 4.90 Å². The largest absolute Gasteiger partial charge is 0.456 e. The molecule has 0 unspecified atom stereocenters. The molecule has 0 saturated carbocycles. The number of nitrogens with two attached hydrogens (primary N) is 2. The van der Waals surface area contributed by atoms with E-state index in [0.717, 1.165) is 6.07 Å². The molecular formula is C12H12N2O4S. The maximum atomic E-state index is 11.3. The molecule has 100 valence electrons. The van der Waals surface area contributed by atoms with Gasteiger partial charge in [0.2, 0.25) is 0 Å². The molecule has 0 spiro atoms. The molecule has 0 saturated heterocycles. The Kier molecular flexibility index (Phi) is 3.32. The number of rotatable bonds is 3. The molecule has 5 N–H and O–H groups in total. The molecule has 19 heavy (non-hydrogen) atoms. The Hall–Kier alpha value is -2.25. The molecule has 0 atom stereocenters. The van der Waals surface area contributed by atoms with E-state index in [-0.39, 0.29) is 16.3 Å². The van der Waals surface area contributed by atoms with Crippen molar-refractivity contribution in [1.82, 2.24) is 0 Å². The summed E-state index contributed by atoms with van der Waals surface area (Å²) in [4.78, 5) is -0.385. The number of ether oxygens (including phenoxy) is 1. The standard InChI is InChI=1S/C12H12N2O4S/c13-8-1-4-10(5-2-8)18-11-6-3-9(14)7-12(11)19(15,16)17/h1-7H,13-14H2,(H,15,16,17). The van der Waals surface area contributed by atoms with Crippen molar-refractivity contribution in [2.75, 3.05) is 11.5 Å². The topological polar surface area (TPSA) is 116 Å². The smallest absolute Gasteiger partial charge is 0.298 e. The first-order valence-corrected chi connectivity index (χ1v) is 6.71. The molecule has 0 aliphatic carbocycles. The van der Waals surface area contributed by atoms with Crippen LogP contribution in [0.15, 0.2) is 47.4 Å². The Balaban J connectivity index is 2.43. The van der Waals surface area contributed by atoms with E-state index in [1.54, 1.807) is 24.3 Å². The first-order chi connectivity index (χ1) is 8.86. The summed E-state index contributed by atoms with van der Waals surface area (Å²) >= 11 is 0. The molecule has 6 nitrogen and oxygen atoms in total. The minimum atomic E-state index is -4.41. The molecule has 0 fully saturated rings. The van der Waals surface area contributed by atoms with Crippen LogP contribution in [0.25, 0.3) is 0 Å². The fourth-order valence-corrected chi connectivity index (χ4v) is 2.12. The van der Waals surface area contributed by atoms with Crippen molar-refractivity contribution in [1.29, 1.82) is 0 Å². The highest BCUT2D eigenvalue weighted by atomic mass is 32.2. The number of hydrogen-bond acceptors (Lipinski definition) is 5. The molecule has 0 aromatic heterocycles. The summed E-state index contributed by atoms with van der Waals surface area (Å²) in [5.41, 5.74) is 11.8. The highest BCUT2D eigenvalue weighted by Gasteiger charge is 2.17. The van der Waals surface area contributed by atoms with E-state index in [9.17, 15) is 8.42 Å². The van der Waals surface area contributed by atoms with Crippen molar-refractivity contribution in [3.63, 3.8) is 0 Å². The van der Waals surface area contributed by atoms with Crippen LogP contribution in [0, 0.1) is 0 Å². The van der Waals surface area contributed by atoms with Crippen molar-refractivity contribution >= 4 is 21.5 Å². The minimum Gasteiger partial charge on any atom is -0.456 e. The van der Waals surface area contributed by atoms with Crippen molar-refractivity contribution in [2.24, 2.45) is 0 Å². The van der Waals surface area contributed by atoms with Crippen LogP contribution in [0.5, 0.6) is 11.5 Å². The zero-order chi connectivity index (χ0) is 14.0. The van der Waals surface area contributed by atoms with E-state index >= 15 is 0 Å².